The molecule has 0 nitrogen and oxygen atoms in total. The molecule has 0 aliphatic heterocycles. The molecule has 0 radical (unpaired) electrons. The molecule has 112 valence electrons. The molecule has 0 heterocycles. The Bertz CT molecular complexity index is 431. The molecule has 0 saturated heterocycles. The summed E-state index contributed by atoms with van der Waals surface area (Å²) in [5.41, 5.74) is 5.24. The molecule has 0 aromatic rings. The number of allylic oxidation sites excluding steroid dienone is 6. The van der Waals surface area contributed by atoms with Crippen LogP contribution in [0, 0.1) is 17.3 Å². The van der Waals surface area contributed by atoms with Gasteiger partial charge in [0.1, 0.15) is 0 Å². The van der Waals surface area contributed by atoms with Crippen LogP contribution >= 0.6 is 0 Å². The lowest BCUT2D eigenvalue weighted by atomic mass is 9.60. The van der Waals surface area contributed by atoms with Gasteiger partial charge in [0.25, 0.3) is 0 Å². The van der Waals surface area contributed by atoms with Crippen molar-refractivity contribution in [1.82, 2.24) is 0 Å². The maximum Gasteiger partial charge on any atom is -0.0149 e. The maximum absolute atomic E-state index is 2.52. The summed E-state index contributed by atoms with van der Waals surface area (Å²) in [6.45, 7) is 12.0. The van der Waals surface area contributed by atoms with Gasteiger partial charge in [0.05, 0.1) is 0 Å². The van der Waals surface area contributed by atoms with Gasteiger partial charge in [-0.25, -0.2) is 0 Å². The van der Waals surface area contributed by atoms with Crippen molar-refractivity contribution in [3.63, 3.8) is 0 Å². The van der Waals surface area contributed by atoms with E-state index in [0.29, 0.717) is 5.41 Å². The van der Waals surface area contributed by atoms with Crippen LogP contribution in [0.3, 0.4) is 0 Å². The van der Waals surface area contributed by atoms with Crippen LogP contribution in [0.2, 0.25) is 0 Å². The molecule has 0 spiro atoms. The maximum atomic E-state index is 2.52. The minimum atomic E-state index is 0.440. The minimum Gasteiger partial charge on any atom is -0.0853 e. The predicted octanol–water partition coefficient (Wildman–Crippen LogP) is 6.45. The van der Waals surface area contributed by atoms with E-state index in [0.717, 1.165) is 11.8 Å². The SMILES string of the molecule is CC1=CC[C@H]2C/C=C(/C)CC/C=C(\C)CC[C@H]1C2(C)C. The van der Waals surface area contributed by atoms with Crippen molar-refractivity contribution in [2.45, 2.75) is 73.1 Å². The molecule has 0 aromatic carbocycles. The van der Waals surface area contributed by atoms with E-state index in [9.17, 15) is 0 Å². The topological polar surface area (TPSA) is 0 Å². The molecule has 2 atom stereocenters. The van der Waals surface area contributed by atoms with Gasteiger partial charge in [-0.1, -0.05) is 48.8 Å². The Morgan fingerprint density at radius 1 is 0.900 bits per heavy atom. The highest BCUT2D eigenvalue weighted by molar-refractivity contribution is 5.17. The van der Waals surface area contributed by atoms with Gasteiger partial charge in [-0.2, -0.15) is 0 Å². The third-order valence-corrected chi connectivity index (χ3v) is 5.83. The first-order chi connectivity index (χ1) is 9.41. The molecule has 0 unspecified atom stereocenters. The fourth-order valence-corrected chi connectivity index (χ4v) is 4.11. The fraction of sp³-hybridized carbons (Fsp3) is 0.700. The first-order valence-corrected chi connectivity index (χ1v) is 8.39. The van der Waals surface area contributed by atoms with E-state index in [4.69, 9.17) is 0 Å². The average molecular weight is 272 g/mol. The Morgan fingerprint density at radius 2 is 1.55 bits per heavy atom. The quantitative estimate of drug-likeness (QED) is 0.444. The zero-order valence-electron chi connectivity index (χ0n) is 14.1. The standard InChI is InChI=1S/C20H32/c1-15-7-6-8-16(2)10-14-19-17(3)11-13-18(12-9-15)20(19,4)5/h8-9,11,18-19H,6-7,10,12-14H2,1-5H3/b15-9-,16-8+/t18-,19-/m1/s1. The summed E-state index contributed by atoms with van der Waals surface area (Å²) >= 11 is 0. The molecule has 0 N–H and O–H groups in total. The summed E-state index contributed by atoms with van der Waals surface area (Å²) in [7, 11) is 0. The van der Waals surface area contributed by atoms with Crippen molar-refractivity contribution >= 4 is 0 Å². The number of hydrogen-bond donors (Lipinski definition) is 0. The number of fused-ring (bicyclic) bond motifs is 2. The summed E-state index contributed by atoms with van der Waals surface area (Å²) < 4.78 is 0. The third kappa shape index (κ3) is 3.45. The van der Waals surface area contributed by atoms with E-state index in [2.05, 4.69) is 52.8 Å². The zero-order valence-corrected chi connectivity index (χ0v) is 14.1. The van der Waals surface area contributed by atoms with E-state index in [1.165, 1.54) is 38.5 Å². The van der Waals surface area contributed by atoms with Gasteiger partial charge >= 0.3 is 0 Å². The monoisotopic (exact) mass is 272 g/mol. The van der Waals surface area contributed by atoms with Gasteiger partial charge < -0.3 is 0 Å². The highest BCUT2D eigenvalue weighted by Gasteiger charge is 2.39. The van der Waals surface area contributed by atoms with Crippen molar-refractivity contribution < 1.29 is 0 Å². The van der Waals surface area contributed by atoms with Crippen LogP contribution in [0.4, 0.5) is 0 Å². The van der Waals surface area contributed by atoms with Crippen LogP contribution in [-0.4, -0.2) is 0 Å². The zero-order chi connectivity index (χ0) is 14.8. The summed E-state index contributed by atoms with van der Waals surface area (Å²) in [5.74, 6) is 1.58. The Morgan fingerprint density at radius 3 is 2.30 bits per heavy atom. The lowest BCUT2D eigenvalue weighted by Crippen LogP contribution is -2.36. The number of hydrogen-bond acceptors (Lipinski definition) is 0. The van der Waals surface area contributed by atoms with Crippen LogP contribution in [0.25, 0.3) is 0 Å². The molecule has 2 aliphatic rings. The van der Waals surface area contributed by atoms with Crippen molar-refractivity contribution in [3.05, 3.63) is 34.9 Å². The van der Waals surface area contributed by atoms with Crippen LogP contribution in [0.15, 0.2) is 34.9 Å². The van der Waals surface area contributed by atoms with Crippen LogP contribution in [0.1, 0.15) is 73.1 Å². The van der Waals surface area contributed by atoms with E-state index in [1.807, 2.05) is 0 Å². The minimum absolute atomic E-state index is 0.440. The van der Waals surface area contributed by atoms with Gasteiger partial charge in [0, 0.05) is 0 Å². The smallest absolute Gasteiger partial charge is 0.0149 e. The lowest BCUT2D eigenvalue weighted by Gasteiger charge is -2.45. The van der Waals surface area contributed by atoms with Gasteiger partial charge in [-0.05, 0) is 76.5 Å². The molecular weight excluding hydrogens is 240 g/mol. The van der Waals surface area contributed by atoms with E-state index >= 15 is 0 Å². The van der Waals surface area contributed by atoms with E-state index in [-0.39, 0.29) is 0 Å². The van der Waals surface area contributed by atoms with Crippen molar-refractivity contribution in [3.8, 4) is 0 Å². The second-order valence-electron chi connectivity index (χ2n) is 7.67. The summed E-state index contributed by atoms with van der Waals surface area (Å²) in [6.07, 6.45) is 15.1. The molecule has 2 bridgehead atoms. The van der Waals surface area contributed by atoms with Crippen molar-refractivity contribution in [1.29, 1.82) is 0 Å². The Hall–Kier alpha value is -0.780. The predicted molar refractivity (Wildman–Crippen MR) is 89.7 cm³/mol. The second kappa shape index (κ2) is 6.33. The summed E-state index contributed by atoms with van der Waals surface area (Å²) in [5, 5.41) is 0. The summed E-state index contributed by atoms with van der Waals surface area (Å²) in [4.78, 5) is 0. The van der Waals surface area contributed by atoms with E-state index in [1.54, 1.807) is 16.7 Å². The lowest BCUT2D eigenvalue weighted by molar-refractivity contribution is 0.119. The Labute approximate surface area is 126 Å². The first kappa shape index (κ1) is 15.6. The molecule has 0 fully saturated rings. The Kier molecular flexibility index (Phi) is 4.94. The van der Waals surface area contributed by atoms with E-state index < -0.39 is 0 Å². The molecular formula is C20H32. The largest absolute Gasteiger partial charge is 0.0853 e. The molecule has 2 rings (SSSR count). The molecule has 20 heavy (non-hydrogen) atoms. The number of rotatable bonds is 0. The van der Waals surface area contributed by atoms with Gasteiger partial charge in [-0.3, -0.25) is 0 Å². The van der Waals surface area contributed by atoms with Crippen LogP contribution < -0.4 is 0 Å². The van der Waals surface area contributed by atoms with Gasteiger partial charge in [0.2, 0.25) is 0 Å². The Balaban J connectivity index is 2.29. The molecule has 0 aromatic heterocycles. The normalized spacial score (nSPS) is 36.5. The van der Waals surface area contributed by atoms with Crippen LogP contribution in [0.5, 0.6) is 0 Å². The van der Waals surface area contributed by atoms with Gasteiger partial charge in [0.15, 0.2) is 0 Å². The third-order valence-electron chi connectivity index (χ3n) is 5.83. The van der Waals surface area contributed by atoms with Gasteiger partial charge in [-0.15, -0.1) is 0 Å². The average Bonchev–Trinajstić information content (AvgIpc) is 2.36. The van der Waals surface area contributed by atoms with Crippen molar-refractivity contribution in [2.24, 2.45) is 17.3 Å². The molecule has 0 heteroatoms. The fourth-order valence-electron chi connectivity index (χ4n) is 4.11. The molecule has 0 amide bonds. The molecule has 2 aliphatic carbocycles. The summed E-state index contributed by atoms with van der Waals surface area (Å²) in [6, 6.07) is 0. The first-order valence-electron chi connectivity index (χ1n) is 8.39. The highest BCUT2D eigenvalue weighted by atomic mass is 14.4. The molecule has 0 saturated carbocycles. The van der Waals surface area contributed by atoms with Crippen LogP contribution in [-0.2, 0) is 0 Å². The second-order valence-corrected chi connectivity index (χ2v) is 7.67. The highest BCUT2D eigenvalue weighted by Crippen LogP contribution is 2.49. The van der Waals surface area contributed by atoms with Crippen molar-refractivity contribution in [2.75, 3.05) is 0 Å².